The van der Waals surface area contributed by atoms with E-state index in [0.29, 0.717) is 0 Å². The molecule has 1 N–H and O–H groups in total. The molecule has 2 rings (SSSR count). The van der Waals surface area contributed by atoms with E-state index in [1.54, 1.807) is 0 Å². The average Bonchev–Trinajstić information content (AvgIpc) is 2.64. The van der Waals surface area contributed by atoms with Crippen LogP contribution in [0.25, 0.3) is 5.57 Å². The largest absolute Gasteiger partial charge is 0.492 e. The Bertz CT molecular complexity index is 560. The van der Waals surface area contributed by atoms with Gasteiger partial charge in [-0.25, -0.2) is 0 Å². The summed E-state index contributed by atoms with van der Waals surface area (Å²) >= 11 is 0. The standard InChI is InChI=1S/C19H28O2/c1-13(7-8-20)14-9-15(11-18(2,3)4)17-16(10-14)19(5,6)12-21-17/h7,9-10,20H,8,11-12H2,1-6H3. The molecule has 1 aromatic rings. The number of allylic oxidation sites excluding steroid dienone is 1. The lowest BCUT2D eigenvalue weighted by atomic mass is 9.81. The van der Waals surface area contributed by atoms with Crippen LogP contribution in [0, 0.1) is 5.41 Å². The first-order valence-electron chi connectivity index (χ1n) is 7.72. The van der Waals surface area contributed by atoms with Gasteiger partial charge in [-0.15, -0.1) is 0 Å². The van der Waals surface area contributed by atoms with Crippen LogP contribution in [-0.2, 0) is 11.8 Å². The number of ether oxygens (including phenoxy) is 1. The highest BCUT2D eigenvalue weighted by Gasteiger charge is 2.34. The molecule has 1 aliphatic rings. The van der Waals surface area contributed by atoms with E-state index in [2.05, 4.69) is 53.7 Å². The second-order valence-corrected chi connectivity index (χ2v) is 7.99. The lowest BCUT2D eigenvalue weighted by Gasteiger charge is -2.22. The van der Waals surface area contributed by atoms with Gasteiger partial charge in [0, 0.05) is 11.0 Å². The van der Waals surface area contributed by atoms with Crippen molar-refractivity contribution in [2.24, 2.45) is 5.41 Å². The molecule has 0 amide bonds. The quantitative estimate of drug-likeness (QED) is 0.896. The molecular formula is C19H28O2. The van der Waals surface area contributed by atoms with Crippen LogP contribution in [0.4, 0.5) is 0 Å². The maximum atomic E-state index is 9.15. The van der Waals surface area contributed by atoms with Crippen LogP contribution < -0.4 is 4.74 Å². The van der Waals surface area contributed by atoms with Crippen molar-refractivity contribution >= 4 is 5.57 Å². The van der Waals surface area contributed by atoms with E-state index in [1.165, 1.54) is 16.7 Å². The fraction of sp³-hybridized carbons (Fsp3) is 0.579. The minimum atomic E-state index is 0.0530. The van der Waals surface area contributed by atoms with E-state index in [1.807, 2.05) is 6.08 Å². The Labute approximate surface area is 128 Å². The molecule has 116 valence electrons. The van der Waals surface area contributed by atoms with Gasteiger partial charge < -0.3 is 9.84 Å². The molecule has 0 spiro atoms. The molecule has 2 heteroatoms. The maximum absolute atomic E-state index is 9.15. The van der Waals surface area contributed by atoms with Gasteiger partial charge in [-0.05, 0) is 47.6 Å². The highest BCUT2D eigenvalue weighted by atomic mass is 16.5. The van der Waals surface area contributed by atoms with Crippen molar-refractivity contribution in [1.82, 2.24) is 0 Å². The molecule has 0 unspecified atom stereocenters. The summed E-state index contributed by atoms with van der Waals surface area (Å²) in [4.78, 5) is 0. The van der Waals surface area contributed by atoms with Crippen LogP contribution in [0.15, 0.2) is 18.2 Å². The topological polar surface area (TPSA) is 29.5 Å². The second-order valence-electron chi connectivity index (χ2n) is 7.99. The Morgan fingerprint density at radius 1 is 1.33 bits per heavy atom. The first-order valence-corrected chi connectivity index (χ1v) is 7.72. The van der Waals surface area contributed by atoms with Crippen LogP contribution in [0.1, 0.15) is 58.2 Å². The summed E-state index contributed by atoms with van der Waals surface area (Å²) in [7, 11) is 0. The van der Waals surface area contributed by atoms with Gasteiger partial charge in [-0.2, -0.15) is 0 Å². The summed E-state index contributed by atoms with van der Waals surface area (Å²) in [6.45, 7) is 14.1. The minimum Gasteiger partial charge on any atom is -0.492 e. The maximum Gasteiger partial charge on any atom is 0.126 e. The van der Waals surface area contributed by atoms with Crippen molar-refractivity contribution in [2.45, 2.75) is 53.4 Å². The Hall–Kier alpha value is -1.28. The molecule has 0 saturated heterocycles. The van der Waals surface area contributed by atoms with E-state index in [4.69, 9.17) is 9.84 Å². The summed E-state index contributed by atoms with van der Waals surface area (Å²) in [6, 6.07) is 4.46. The number of benzene rings is 1. The minimum absolute atomic E-state index is 0.0530. The predicted octanol–water partition coefficient (Wildman–Crippen LogP) is 4.34. The fourth-order valence-electron chi connectivity index (χ4n) is 2.88. The van der Waals surface area contributed by atoms with E-state index in [0.717, 1.165) is 24.4 Å². The summed E-state index contributed by atoms with van der Waals surface area (Å²) in [6.07, 6.45) is 2.86. The summed E-state index contributed by atoms with van der Waals surface area (Å²) in [5.41, 5.74) is 5.17. The van der Waals surface area contributed by atoms with Crippen LogP contribution in [0.2, 0.25) is 0 Å². The highest BCUT2D eigenvalue weighted by molar-refractivity contribution is 5.68. The van der Waals surface area contributed by atoms with E-state index in [9.17, 15) is 0 Å². The number of fused-ring (bicyclic) bond motifs is 1. The molecule has 1 aliphatic heterocycles. The number of rotatable bonds is 3. The molecule has 0 fully saturated rings. The smallest absolute Gasteiger partial charge is 0.126 e. The molecule has 0 aliphatic carbocycles. The lowest BCUT2D eigenvalue weighted by Crippen LogP contribution is -2.18. The normalized spacial score (nSPS) is 17.6. The first-order chi connectivity index (χ1) is 9.64. The first kappa shape index (κ1) is 16.1. The Kier molecular flexibility index (Phi) is 4.21. The van der Waals surface area contributed by atoms with Gasteiger partial charge in [0.2, 0.25) is 0 Å². The zero-order valence-electron chi connectivity index (χ0n) is 14.2. The Morgan fingerprint density at radius 3 is 2.57 bits per heavy atom. The molecule has 0 aromatic heterocycles. The number of aliphatic hydroxyl groups excluding tert-OH is 1. The lowest BCUT2D eigenvalue weighted by molar-refractivity contribution is 0.286. The van der Waals surface area contributed by atoms with Crippen LogP contribution >= 0.6 is 0 Å². The molecule has 0 radical (unpaired) electrons. The Balaban J connectivity index is 2.57. The van der Waals surface area contributed by atoms with E-state index < -0.39 is 0 Å². The summed E-state index contributed by atoms with van der Waals surface area (Å²) in [5.74, 6) is 1.08. The molecule has 1 heterocycles. The number of aliphatic hydroxyl groups is 1. The van der Waals surface area contributed by atoms with Gasteiger partial charge in [-0.1, -0.05) is 40.7 Å². The predicted molar refractivity (Wildman–Crippen MR) is 88.9 cm³/mol. The van der Waals surface area contributed by atoms with Crippen molar-refractivity contribution < 1.29 is 9.84 Å². The fourth-order valence-corrected chi connectivity index (χ4v) is 2.88. The third-order valence-electron chi connectivity index (χ3n) is 4.05. The number of hydrogen-bond acceptors (Lipinski definition) is 2. The second kappa shape index (κ2) is 5.49. The summed E-state index contributed by atoms with van der Waals surface area (Å²) < 4.78 is 6.02. The van der Waals surface area contributed by atoms with Crippen LogP contribution in [-0.4, -0.2) is 18.3 Å². The Morgan fingerprint density at radius 2 is 2.00 bits per heavy atom. The van der Waals surface area contributed by atoms with Crippen LogP contribution in [0.3, 0.4) is 0 Å². The van der Waals surface area contributed by atoms with E-state index >= 15 is 0 Å². The van der Waals surface area contributed by atoms with Crippen molar-refractivity contribution in [3.05, 3.63) is 34.9 Å². The zero-order valence-corrected chi connectivity index (χ0v) is 14.2. The zero-order chi connectivity index (χ0) is 15.8. The van der Waals surface area contributed by atoms with Crippen molar-refractivity contribution in [3.8, 4) is 5.75 Å². The molecule has 1 aromatic carbocycles. The average molecular weight is 288 g/mol. The molecule has 21 heavy (non-hydrogen) atoms. The van der Waals surface area contributed by atoms with E-state index in [-0.39, 0.29) is 17.4 Å². The van der Waals surface area contributed by atoms with Gasteiger partial charge in [0.1, 0.15) is 5.75 Å². The van der Waals surface area contributed by atoms with Gasteiger partial charge in [0.25, 0.3) is 0 Å². The third kappa shape index (κ3) is 3.49. The monoisotopic (exact) mass is 288 g/mol. The van der Waals surface area contributed by atoms with Gasteiger partial charge in [0.15, 0.2) is 0 Å². The molecule has 0 saturated carbocycles. The molecule has 2 nitrogen and oxygen atoms in total. The highest BCUT2D eigenvalue weighted by Crippen LogP contribution is 2.44. The van der Waals surface area contributed by atoms with Crippen molar-refractivity contribution in [1.29, 1.82) is 0 Å². The van der Waals surface area contributed by atoms with Crippen LogP contribution in [0.5, 0.6) is 5.75 Å². The SMILES string of the molecule is CC(=CCO)c1cc(CC(C)(C)C)c2c(c1)C(C)(C)CO2. The molecule has 0 bridgehead atoms. The van der Waals surface area contributed by atoms with Gasteiger partial charge >= 0.3 is 0 Å². The summed E-state index contributed by atoms with van der Waals surface area (Å²) in [5, 5.41) is 9.15. The van der Waals surface area contributed by atoms with Crippen molar-refractivity contribution in [3.63, 3.8) is 0 Å². The van der Waals surface area contributed by atoms with Crippen molar-refractivity contribution in [2.75, 3.05) is 13.2 Å². The molecular weight excluding hydrogens is 260 g/mol. The number of hydrogen-bond donors (Lipinski definition) is 1. The van der Waals surface area contributed by atoms with Gasteiger partial charge in [-0.3, -0.25) is 0 Å². The molecule has 0 atom stereocenters. The van der Waals surface area contributed by atoms with Gasteiger partial charge in [0.05, 0.1) is 13.2 Å². The third-order valence-corrected chi connectivity index (χ3v) is 4.05.